The lowest BCUT2D eigenvalue weighted by Crippen LogP contribution is -2.31. The van der Waals surface area contributed by atoms with Crippen LogP contribution in [0.4, 0.5) is 4.39 Å². The normalized spacial score (nSPS) is 27.7. The van der Waals surface area contributed by atoms with Crippen LogP contribution in [0.2, 0.25) is 5.02 Å². The van der Waals surface area contributed by atoms with Crippen LogP contribution in [0.25, 0.3) is 0 Å². The second kappa shape index (κ2) is 6.21. The molecule has 1 heterocycles. The molecular weight excluding hydrogens is 279 g/mol. The molecule has 0 aromatic heterocycles. The lowest BCUT2D eigenvalue weighted by Gasteiger charge is -2.14. The van der Waals surface area contributed by atoms with Crippen molar-refractivity contribution in [1.29, 1.82) is 0 Å². The van der Waals surface area contributed by atoms with Gasteiger partial charge >= 0.3 is 0 Å². The van der Waals surface area contributed by atoms with Crippen molar-refractivity contribution in [2.45, 2.75) is 24.1 Å². The van der Waals surface area contributed by atoms with Crippen molar-refractivity contribution >= 4 is 23.4 Å². The Kier molecular flexibility index (Phi) is 4.86. The molecule has 1 aromatic rings. The molecule has 2 N–H and O–H groups in total. The maximum Gasteiger partial charge on any atom is 0.128 e. The van der Waals surface area contributed by atoms with E-state index in [0.29, 0.717) is 22.1 Å². The minimum Gasteiger partial charge on any atom is -0.388 e. The van der Waals surface area contributed by atoms with Crippen LogP contribution in [0.3, 0.4) is 0 Å². The molecule has 100 valence electrons. The molecule has 0 bridgehead atoms. The summed E-state index contributed by atoms with van der Waals surface area (Å²) >= 11 is 7.32. The predicted molar refractivity (Wildman–Crippen MR) is 69.3 cm³/mol. The average molecular weight is 293 g/mol. The fraction of sp³-hybridized carbons (Fsp3) is 0.500. The number of benzene rings is 1. The number of ether oxygens (including phenoxy) is 1. The van der Waals surface area contributed by atoms with Gasteiger partial charge in [0.1, 0.15) is 18.0 Å². The third kappa shape index (κ3) is 3.16. The number of thioether (sulfide) groups is 1. The van der Waals surface area contributed by atoms with Crippen LogP contribution in [0.5, 0.6) is 0 Å². The van der Waals surface area contributed by atoms with Crippen LogP contribution in [-0.2, 0) is 10.5 Å². The Morgan fingerprint density at radius 2 is 2.22 bits per heavy atom. The topological polar surface area (TPSA) is 49.7 Å². The van der Waals surface area contributed by atoms with Gasteiger partial charge in [-0.25, -0.2) is 4.39 Å². The van der Waals surface area contributed by atoms with Crippen LogP contribution in [0.1, 0.15) is 5.56 Å². The molecule has 18 heavy (non-hydrogen) atoms. The van der Waals surface area contributed by atoms with E-state index in [0.717, 1.165) is 0 Å². The maximum atomic E-state index is 13.5. The number of rotatable bonds is 4. The number of hydrogen-bond acceptors (Lipinski definition) is 4. The Morgan fingerprint density at radius 3 is 2.83 bits per heavy atom. The van der Waals surface area contributed by atoms with Crippen molar-refractivity contribution < 1.29 is 19.3 Å². The molecule has 1 aromatic carbocycles. The summed E-state index contributed by atoms with van der Waals surface area (Å²) in [6.45, 7) is 0.146. The quantitative estimate of drug-likeness (QED) is 0.889. The van der Waals surface area contributed by atoms with Crippen LogP contribution < -0.4 is 0 Å². The molecule has 1 aliphatic rings. The summed E-state index contributed by atoms with van der Waals surface area (Å²) in [4.78, 5) is 0. The van der Waals surface area contributed by atoms with Crippen molar-refractivity contribution in [2.75, 3.05) is 12.4 Å². The zero-order valence-electron chi connectivity index (χ0n) is 9.55. The first-order valence-electron chi connectivity index (χ1n) is 5.58. The van der Waals surface area contributed by atoms with E-state index in [1.165, 1.54) is 17.8 Å². The van der Waals surface area contributed by atoms with Gasteiger partial charge in [0.15, 0.2) is 0 Å². The number of hydrogen-bond donors (Lipinski definition) is 2. The summed E-state index contributed by atoms with van der Waals surface area (Å²) in [5.41, 5.74) is 0.456. The molecule has 1 aliphatic heterocycles. The van der Waals surface area contributed by atoms with Gasteiger partial charge in [0, 0.05) is 22.1 Å². The monoisotopic (exact) mass is 292 g/mol. The summed E-state index contributed by atoms with van der Waals surface area (Å²) in [5.74, 6) is 0.569. The van der Waals surface area contributed by atoms with Crippen LogP contribution in [0, 0.1) is 5.82 Å². The van der Waals surface area contributed by atoms with Gasteiger partial charge in [0.05, 0.1) is 12.7 Å². The number of aliphatic hydroxyl groups is 2. The number of halogens is 2. The largest absolute Gasteiger partial charge is 0.388 e. The molecule has 2 rings (SSSR count). The minimum atomic E-state index is -0.867. The van der Waals surface area contributed by atoms with Crippen LogP contribution in [-0.4, -0.2) is 40.9 Å². The van der Waals surface area contributed by atoms with Crippen molar-refractivity contribution in [3.05, 3.63) is 34.6 Å². The van der Waals surface area contributed by atoms with E-state index < -0.39 is 18.3 Å². The Morgan fingerprint density at radius 1 is 1.44 bits per heavy atom. The van der Waals surface area contributed by atoms with E-state index >= 15 is 0 Å². The highest BCUT2D eigenvalue weighted by Gasteiger charge is 2.34. The lowest BCUT2D eigenvalue weighted by molar-refractivity contribution is 0.0337. The summed E-state index contributed by atoms with van der Waals surface area (Å²) < 4.78 is 18.7. The molecule has 0 aliphatic carbocycles. The minimum absolute atomic E-state index is 0.146. The molecule has 6 heteroatoms. The highest BCUT2D eigenvalue weighted by Crippen LogP contribution is 2.26. The molecule has 0 saturated carbocycles. The Balaban J connectivity index is 1.86. The van der Waals surface area contributed by atoms with Gasteiger partial charge in [0.2, 0.25) is 0 Å². The standard InChI is InChI=1S/C12H14ClFO3S/c13-8-2-1-3-9(14)7(8)5-18-6-11-12(16)10(15)4-17-11/h1-3,10-12,15-16H,4-6H2. The van der Waals surface area contributed by atoms with Crippen molar-refractivity contribution in [3.8, 4) is 0 Å². The van der Waals surface area contributed by atoms with E-state index in [2.05, 4.69) is 0 Å². The maximum absolute atomic E-state index is 13.5. The van der Waals surface area contributed by atoms with Crippen molar-refractivity contribution in [1.82, 2.24) is 0 Å². The third-order valence-electron chi connectivity index (χ3n) is 2.85. The summed E-state index contributed by atoms with van der Waals surface area (Å²) in [6, 6.07) is 4.57. The molecule has 3 nitrogen and oxygen atoms in total. The number of aliphatic hydroxyl groups excluding tert-OH is 2. The van der Waals surface area contributed by atoms with Crippen LogP contribution >= 0.6 is 23.4 Å². The van der Waals surface area contributed by atoms with Gasteiger partial charge in [0.25, 0.3) is 0 Å². The van der Waals surface area contributed by atoms with Gasteiger partial charge < -0.3 is 14.9 Å². The van der Waals surface area contributed by atoms with E-state index in [4.69, 9.17) is 16.3 Å². The molecule has 1 saturated heterocycles. The van der Waals surface area contributed by atoms with Gasteiger partial charge in [-0.1, -0.05) is 17.7 Å². The molecule has 0 radical (unpaired) electrons. The van der Waals surface area contributed by atoms with Gasteiger partial charge in [-0.05, 0) is 12.1 Å². The van der Waals surface area contributed by atoms with Gasteiger partial charge in [-0.15, -0.1) is 0 Å². The Hall–Kier alpha value is -0.330. The first-order chi connectivity index (χ1) is 8.59. The molecule has 3 unspecified atom stereocenters. The molecule has 0 amide bonds. The smallest absolute Gasteiger partial charge is 0.128 e. The van der Waals surface area contributed by atoms with Crippen molar-refractivity contribution in [2.24, 2.45) is 0 Å². The molecule has 1 fully saturated rings. The first-order valence-corrected chi connectivity index (χ1v) is 7.11. The zero-order valence-corrected chi connectivity index (χ0v) is 11.1. The van der Waals surface area contributed by atoms with Crippen molar-refractivity contribution in [3.63, 3.8) is 0 Å². The summed E-state index contributed by atoms with van der Waals surface area (Å²) in [7, 11) is 0. The lowest BCUT2D eigenvalue weighted by atomic mass is 10.2. The van der Waals surface area contributed by atoms with E-state index in [9.17, 15) is 14.6 Å². The molecule has 3 atom stereocenters. The predicted octanol–water partition coefficient (Wildman–Crippen LogP) is 1.83. The zero-order chi connectivity index (χ0) is 13.1. The third-order valence-corrected chi connectivity index (χ3v) is 4.26. The summed E-state index contributed by atoms with van der Waals surface area (Å²) in [5, 5.41) is 19.3. The second-order valence-electron chi connectivity index (χ2n) is 4.15. The SMILES string of the molecule is OC1COC(CSCc2c(F)cccc2Cl)C1O. The highest BCUT2D eigenvalue weighted by atomic mass is 35.5. The van der Waals surface area contributed by atoms with Gasteiger partial charge in [-0.2, -0.15) is 11.8 Å². The first kappa shape index (κ1) is 14.1. The summed E-state index contributed by atoms with van der Waals surface area (Å²) in [6.07, 6.45) is -2.10. The molecular formula is C12H14ClFO3S. The average Bonchev–Trinajstić information content (AvgIpc) is 2.65. The Labute approximate surface area is 114 Å². The fourth-order valence-electron chi connectivity index (χ4n) is 1.76. The van der Waals surface area contributed by atoms with E-state index in [-0.39, 0.29) is 12.4 Å². The fourth-order valence-corrected chi connectivity index (χ4v) is 3.21. The van der Waals surface area contributed by atoms with Crippen LogP contribution in [0.15, 0.2) is 18.2 Å². The highest BCUT2D eigenvalue weighted by molar-refractivity contribution is 7.98. The Bertz CT molecular complexity index is 398. The second-order valence-corrected chi connectivity index (χ2v) is 5.58. The van der Waals surface area contributed by atoms with E-state index in [1.54, 1.807) is 12.1 Å². The molecule has 0 spiro atoms. The van der Waals surface area contributed by atoms with Gasteiger partial charge in [-0.3, -0.25) is 0 Å². The van der Waals surface area contributed by atoms with E-state index in [1.807, 2.05) is 0 Å².